The lowest BCUT2D eigenvalue weighted by atomic mass is 10.1. The molecule has 2 amide bonds. The summed E-state index contributed by atoms with van der Waals surface area (Å²) in [6.07, 6.45) is 2.63. The summed E-state index contributed by atoms with van der Waals surface area (Å²) in [5.41, 5.74) is 6.81. The summed E-state index contributed by atoms with van der Waals surface area (Å²) < 4.78 is 1.68. The van der Waals surface area contributed by atoms with Crippen LogP contribution in [-0.2, 0) is 17.8 Å². The van der Waals surface area contributed by atoms with Crippen molar-refractivity contribution in [2.45, 2.75) is 45.7 Å². The third kappa shape index (κ3) is 4.94. The Bertz CT molecular complexity index is 1310. The summed E-state index contributed by atoms with van der Waals surface area (Å²) in [6, 6.07) is 7.76. The molecule has 3 aromatic heterocycles. The van der Waals surface area contributed by atoms with Crippen LogP contribution in [0.3, 0.4) is 0 Å². The molecule has 4 N–H and O–H groups in total. The van der Waals surface area contributed by atoms with Gasteiger partial charge in [-0.15, -0.1) is 11.3 Å². The number of rotatable bonds is 8. The van der Waals surface area contributed by atoms with Gasteiger partial charge in [0.25, 0.3) is 5.91 Å². The normalized spacial score (nSPS) is 16.0. The molecule has 0 spiro atoms. The molecule has 4 rings (SSSR count). The largest absolute Gasteiger partial charge is 0.384 e. The molecule has 10 heteroatoms. The number of anilines is 1. The van der Waals surface area contributed by atoms with Gasteiger partial charge < -0.3 is 20.9 Å². The number of carbonyl (C=O) groups excluding carboxylic acids is 2. The van der Waals surface area contributed by atoms with Gasteiger partial charge >= 0.3 is 0 Å². The van der Waals surface area contributed by atoms with Gasteiger partial charge in [-0.2, -0.15) is 0 Å². The predicted molar refractivity (Wildman–Crippen MR) is 140 cm³/mol. The van der Waals surface area contributed by atoms with Crippen molar-refractivity contribution in [2.24, 2.45) is 0 Å². The minimum atomic E-state index is -0.516. The summed E-state index contributed by atoms with van der Waals surface area (Å²) >= 11 is 1.50. The van der Waals surface area contributed by atoms with Crippen LogP contribution >= 0.6 is 11.3 Å². The van der Waals surface area contributed by atoms with Crippen LogP contribution in [0.15, 0.2) is 29.1 Å². The molecule has 1 aliphatic heterocycles. The molecule has 0 aromatic carbocycles. The van der Waals surface area contributed by atoms with Crippen LogP contribution in [0.4, 0.5) is 5.82 Å². The molecule has 1 saturated heterocycles. The van der Waals surface area contributed by atoms with E-state index in [1.54, 1.807) is 16.7 Å². The number of amides is 2. The summed E-state index contributed by atoms with van der Waals surface area (Å²) in [7, 11) is 1.46. The number of thiophene rings is 1. The van der Waals surface area contributed by atoms with Crippen LogP contribution < -0.4 is 21.8 Å². The fourth-order valence-corrected chi connectivity index (χ4v) is 5.71. The fourth-order valence-electron chi connectivity index (χ4n) is 4.74. The Morgan fingerprint density at radius 3 is 2.71 bits per heavy atom. The van der Waals surface area contributed by atoms with Crippen molar-refractivity contribution in [2.75, 3.05) is 32.4 Å². The number of pyridine rings is 2. The summed E-state index contributed by atoms with van der Waals surface area (Å²) in [5, 5.41) is 5.90. The van der Waals surface area contributed by atoms with E-state index in [1.165, 1.54) is 24.8 Å². The molecule has 186 valence electrons. The van der Waals surface area contributed by atoms with E-state index in [2.05, 4.69) is 22.5 Å². The Hall–Kier alpha value is -3.24. The van der Waals surface area contributed by atoms with Gasteiger partial charge in [-0.05, 0) is 57.1 Å². The minimum absolute atomic E-state index is 0.0159. The lowest BCUT2D eigenvalue weighted by molar-refractivity contribution is -0.120. The van der Waals surface area contributed by atoms with E-state index >= 15 is 0 Å². The third-order valence-corrected chi connectivity index (χ3v) is 7.72. The molecular formula is C25H32N6O3S. The molecule has 9 nitrogen and oxygen atoms in total. The third-order valence-electron chi connectivity index (χ3n) is 6.61. The number of likely N-dealkylation sites (tertiary alicyclic amines) is 1. The monoisotopic (exact) mass is 496 g/mol. The highest BCUT2D eigenvalue weighted by molar-refractivity contribution is 7.15. The molecule has 0 aliphatic carbocycles. The standard InChI is InChI=1S/C25H32N6O3S/c1-4-30-12-6-7-15(30)14-28-20(32)13-16-8-11-19(35-16)18-10-9-17-22(33)21(25(34)27-3)23(26)31(5-2)24(17)29-18/h8-11,15H,4-7,12-14,26H2,1-3H3,(H,27,34)(H,28,32). The first-order valence-corrected chi connectivity index (χ1v) is 12.8. The number of nitrogens with two attached hydrogens (primary N) is 1. The Kier molecular flexibility index (Phi) is 7.51. The Balaban J connectivity index is 1.54. The van der Waals surface area contributed by atoms with E-state index in [0.29, 0.717) is 42.3 Å². The summed E-state index contributed by atoms with van der Waals surface area (Å²) in [5.74, 6) is -0.402. The topological polar surface area (TPSA) is 122 Å². The van der Waals surface area contributed by atoms with Crippen LogP contribution in [0.2, 0.25) is 0 Å². The zero-order valence-corrected chi connectivity index (χ0v) is 21.2. The van der Waals surface area contributed by atoms with Gasteiger partial charge in [0, 0.05) is 31.1 Å². The highest BCUT2D eigenvalue weighted by Crippen LogP contribution is 2.29. The van der Waals surface area contributed by atoms with E-state index in [1.807, 2.05) is 19.1 Å². The summed E-state index contributed by atoms with van der Waals surface area (Å²) in [6.45, 7) is 7.30. The van der Waals surface area contributed by atoms with E-state index in [0.717, 1.165) is 29.3 Å². The number of nitrogen functional groups attached to an aromatic ring is 1. The molecule has 1 unspecified atom stereocenters. The van der Waals surface area contributed by atoms with Crippen LogP contribution in [0.1, 0.15) is 41.9 Å². The Morgan fingerprint density at radius 1 is 1.20 bits per heavy atom. The van der Waals surface area contributed by atoms with Crippen molar-refractivity contribution in [1.29, 1.82) is 0 Å². The van der Waals surface area contributed by atoms with Crippen molar-refractivity contribution in [3.05, 3.63) is 44.9 Å². The van der Waals surface area contributed by atoms with E-state index in [9.17, 15) is 14.4 Å². The second kappa shape index (κ2) is 10.6. The summed E-state index contributed by atoms with van der Waals surface area (Å²) in [4.78, 5) is 46.7. The fraction of sp³-hybridized carbons (Fsp3) is 0.440. The van der Waals surface area contributed by atoms with Gasteiger partial charge in [0.05, 0.1) is 22.4 Å². The van der Waals surface area contributed by atoms with Crippen molar-refractivity contribution in [1.82, 2.24) is 25.1 Å². The lowest BCUT2D eigenvalue weighted by Crippen LogP contribution is -2.40. The molecule has 0 radical (unpaired) electrons. The molecule has 1 atom stereocenters. The van der Waals surface area contributed by atoms with Crippen LogP contribution in [0.25, 0.3) is 21.6 Å². The maximum atomic E-state index is 12.9. The number of hydrogen-bond acceptors (Lipinski definition) is 7. The van der Waals surface area contributed by atoms with Crippen molar-refractivity contribution >= 4 is 40.0 Å². The number of fused-ring (bicyclic) bond motifs is 1. The van der Waals surface area contributed by atoms with Gasteiger partial charge in [-0.3, -0.25) is 19.3 Å². The Labute approximate surface area is 208 Å². The van der Waals surface area contributed by atoms with Gasteiger partial charge in [0.2, 0.25) is 11.3 Å². The quantitative estimate of drug-likeness (QED) is 0.440. The second-order valence-corrected chi connectivity index (χ2v) is 9.82. The van der Waals surface area contributed by atoms with Crippen molar-refractivity contribution < 1.29 is 9.59 Å². The lowest BCUT2D eigenvalue weighted by Gasteiger charge is -2.22. The zero-order valence-electron chi connectivity index (χ0n) is 20.4. The van der Waals surface area contributed by atoms with E-state index in [-0.39, 0.29) is 17.3 Å². The zero-order chi connectivity index (χ0) is 25.1. The van der Waals surface area contributed by atoms with Gasteiger partial charge in [0.1, 0.15) is 17.0 Å². The molecule has 35 heavy (non-hydrogen) atoms. The first-order valence-electron chi connectivity index (χ1n) is 12.0. The Morgan fingerprint density at radius 2 is 2.00 bits per heavy atom. The van der Waals surface area contributed by atoms with Crippen LogP contribution in [-0.4, -0.2) is 59.0 Å². The number of hydrogen-bond donors (Lipinski definition) is 3. The highest BCUT2D eigenvalue weighted by Gasteiger charge is 2.23. The number of nitrogens with one attached hydrogen (secondary N) is 2. The second-order valence-electron chi connectivity index (χ2n) is 8.65. The molecular weight excluding hydrogens is 464 g/mol. The first kappa shape index (κ1) is 24.9. The van der Waals surface area contributed by atoms with Gasteiger partial charge in [-0.1, -0.05) is 6.92 Å². The molecule has 1 aliphatic rings. The van der Waals surface area contributed by atoms with Gasteiger partial charge in [0.15, 0.2) is 0 Å². The molecule has 0 bridgehead atoms. The van der Waals surface area contributed by atoms with Crippen molar-refractivity contribution in [3.63, 3.8) is 0 Å². The SMILES string of the molecule is CCN1CCCC1CNC(=O)Cc1ccc(-c2ccc3c(=O)c(C(=O)NC)c(N)n(CC)c3n2)s1. The van der Waals surface area contributed by atoms with Gasteiger partial charge in [-0.25, -0.2) is 4.98 Å². The number of nitrogens with zero attached hydrogens (tertiary/aromatic N) is 3. The minimum Gasteiger partial charge on any atom is -0.384 e. The predicted octanol–water partition coefficient (Wildman–Crippen LogP) is 2.23. The molecule has 1 fully saturated rings. The maximum absolute atomic E-state index is 12.9. The van der Waals surface area contributed by atoms with Crippen LogP contribution in [0.5, 0.6) is 0 Å². The van der Waals surface area contributed by atoms with Crippen LogP contribution in [0, 0.1) is 0 Å². The number of aryl methyl sites for hydroxylation is 1. The highest BCUT2D eigenvalue weighted by atomic mass is 32.1. The molecule has 4 heterocycles. The van der Waals surface area contributed by atoms with E-state index in [4.69, 9.17) is 10.7 Å². The number of carbonyl (C=O) groups is 2. The molecule has 3 aromatic rings. The maximum Gasteiger partial charge on any atom is 0.258 e. The van der Waals surface area contributed by atoms with E-state index < -0.39 is 11.3 Å². The average molecular weight is 497 g/mol. The first-order chi connectivity index (χ1) is 16.9. The smallest absolute Gasteiger partial charge is 0.258 e. The average Bonchev–Trinajstić information content (AvgIpc) is 3.52. The number of likely N-dealkylation sites (N-methyl/N-ethyl adjacent to an activating group) is 1. The molecule has 0 saturated carbocycles. The van der Waals surface area contributed by atoms with Crippen molar-refractivity contribution in [3.8, 4) is 10.6 Å². The number of aromatic nitrogens is 2.